The van der Waals surface area contributed by atoms with E-state index in [1.54, 1.807) is 0 Å². The Morgan fingerprint density at radius 2 is 1.94 bits per heavy atom. The minimum absolute atomic E-state index is 0.201. The molecular weight excluding hydrogens is 234 g/mol. The summed E-state index contributed by atoms with van der Waals surface area (Å²) in [5, 5.41) is 3.40. The van der Waals surface area contributed by atoms with E-state index in [1.165, 1.54) is 12.8 Å². The zero-order valence-corrected chi connectivity index (χ0v) is 12.2. The van der Waals surface area contributed by atoms with E-state index in [2.05, 4.69) is 26.1 Å². The Balaban J connectivity index is 2.41. The molecule has 4 heteroatoms. The van der Waals surface area contributed by atoms with Gasteiger partial charge in [-0.3, -0.25) is 0 Å². The van der Waals surface area contributed by atoms with Crippen LogP contribution in [0.5, 0.6) is 0 Å². The van der Waals surface area contributed by atoms with Gasteiger partial charge in [0.05, 0.1) is 11.5 Å². The molecule has 1 fully saturated rings. The summed E-state index contributed by atoms with van der Waals surface area (Å²) >= 11 is 0. The maximum atomic E-state index is 12.0. The fourth-order valence-corrected chi connectivity index (χ4v) is 3.90. The fourth-order valence-electron chi connectivity index (χ4n) is 1.96. The van der Waals surface area contributed by atoms with Crippen molar-refractivity contribution in [2.45, 2.75) is 52.5 Å². The average molecular weight is 261 g/mol. The third-order valence-corrected chi connectivity index (χ3v) is 5.01. The van der Waals surface area contributed by atoms with Gasteiger partial charge >= 0.3 is 0 Å². The number of hydrogen-bond acceptors (Lipinski definition) is 3. The van der Waals surface area contributed by atoms with E-state index in [9.17, 15) is 8.42 Å². The lowest BCUT2D eigenvalue weighted by atomic mass is 10.2. The van der Waals surface area contributed by atoms with Crippen LogP contribution in [0.15, 0.2) is 0 Å². The lowest BCUT2D eigenvalue weighted by Gasteiger charge is -2.18. The zero-order chi connectivity index (χ0) is 12.9. The summed E-state index contributed by atoms with van der Waals surface area (Å²) in [5.74, 6) is 1.76. The third kappa shape index (κ3) is 6.41. The predicted molar refractivity (Wildman–Crippen MR) is 72.9 cm³/mol. The molecule has 0 aromatic carbocycles. The molecule has 0 aliphatic heterocycles. The summed E-state index contributed by atoms with van der Waals surface area (Å²) in [5.41, 5.74) is 0. The largest absolute Gasteiger partial charge is 0.313 e. The second kappa shape index (κ2) is 6.74. The molecule has 17 heavy (non-hydrogen) atoms. The van der Waals surface area contributed by atoms with Gasteiger partial charge in [-0.25, -0.2) is 8.42 Å². The Labute approximate surface area is 106 Å². The van der Waals surface area contributed by atoms with Crippen LogP contribution in [-0.2, 0) is 9.84 Å². The summed E-state index contributed by atoms with van der Waals surface area (Å²) in [6.07, 6.45) is 4.24. The first kappa shape index (κ1) is 15.0. The first-order chi connectivity index (χ1) is 7.94. The van der Waals surface area contributed by atoms with Gasteiger partial charge < -0.3 is 5.32 Å². The third-order valence-electron chi connectivity index (χ3n) is 3.29. The van der Waals surface area contributed by atoms with Crippen LogP contribution in [0.3, 0.4) is 0 Å². The molecule has 0 aromatic rings. The molecule has 0 heterocycles. The number of hydrogen-bond donors (Lipinski definition) is 1. The van der Waals surface area contributed by atoms with Gasteiger partial charge in [-0.1, -0.05) is 20.8 Å². The molecule has 3 nitrogen and oxygen atoms in total. The standard InChI is InChI=1S/C13H27NO2S/c1-4-8-14-13(12-5-6-12)10-17(15,16)9-7-11(2)3/h11-14H,4-10H2,1-3H3. The molecule has 102 valence electrons. The van der Waals surface area contributed by atoms with Crippen molar-refractivity contribution in [3.05, 3.63) is 0 Å². The molecular formula is C13H27NO2S. The second-order valence-electron chi connectivity index (χ2n) is 5.69. The van der Waals surface area contributed by atoms with Crippen molar-refractivity contribution in [1.82, 2.24) is 5.32 Å². The smallest absolute Gasteiger partial charge is 0.151 e. The highest BCUT2D eigenvalue weighted by Gasteiger charge is 2.33. The quantitative estimate of drug-likeness (QED) is 0.692. The lowest BCUT2D eigenvalue weighted by Crippen LogP contribution is -2.38. The van der Waals surface area contributed by atoms with Crippen molar-refractivity contribution in [2.24, 2.45) is 11.8 Å². The summed E-state index contributed by atoms with van der Waals surface area (Å²) < 4.78 is 24.0. The maximum absolute atomic E-state index is 12.0. The molecule has 1 N–H and O–H groups in total. The van der Waals surface area contributed by atoms with Crippen LogP contribution in [0.25, 0.3) is 0 Å². The highest BCUT2D eigenvalue weighted by atomic mass is 32.2. The monoisotopic (exact) mass is 261 g/mol. The Bertz CT molecular complexity index is 307. The Kier molecular flexibility index (Phi) is 5.93. The maximum Gasteiger partial charge on any atom is 0.151 e. The molecule has 0 saturated heterocycles. The van der Waals surface area contributed by atoms with Crippen molar-refractivity contribution in [1.29, 1.82) is 0 Å². The lowest BCUT2D eigenvalue weighted by molar-refractivity contribution is 0.487. The minimum atomic E-state index is -2.87. The summed E-state index contributed by atoms with van der Waals surface area (Å²) in [6.45, 7) is 7.19. The second-order valence-corrected chi connectivity index (χ2v) is 7.92. The van der Waals surface area contributed by atoms with E-state index >= 15 is 0 Å². The van der Waals surface area contributed by atoms with E-state index in [1.807, 2.05) is 0 Å². The van der Waals surface area contributed by atoms with E-state index in [0.717, 1.165) is 19.4 Å². The zero-order valence-electron chi connectivity index (χ0n) is 11.4. The van der Waals surface area contributed by atoms with Crippen LogP contribution in [-0.4, -0.2) is 32.5 Å². The molecule has 0 amide bonds. The van der Waals surface area contributed by atoms with Crippen molar-refractivity contribution < 1.29 is 8.42 Å². The first-order valence-electron chi connectivity index (χ1n) is 6.88. The van der Waals surface area contributed by atoms with E-state index in [-0.39, 0.29) is 6.04 Å². The van der Waals surface area contributed by atoms with E-state index in [0.29, 0.717) is 23.3 Å². The van der Waals surface area contributed by atoms with Crippen LogP contribution in [0.2, 0.25) is 0 Å². The normalized spacial score (nSPS) is 18.6. The van der Waals surface area contributed by atoms with Crippen LogP contribution < -0.4 is 5.32 Å². The van der Waals surface area contributed by atoms with E-state index < -0.39 is 9.84 Å². The molecule has 1 atom stereocenters. The Morgan fingerprint density at radius 1 is 1.29 bits per heavy atom. The molecule has 0 radical (unpaired) electrons. The fraction of sp³-hybridized carbons (Fsp3) is 1.00. The van der Waals surface area contributed by atoms with Crippen LogP contribution in [0.4, 0.5) is 0 Å². The van der Waals surface area contributed by atoms with Gasteiger partial charge in [0.2, 0.25) is 0 Å². The highest BCUT2D eigenvalue weighted by Crippen LogP contribution is 2.33. The highest BCUT2D eigenvalue weighted by molar-refractivity contribution is 7.91. The van der Waals surface area contributed by atoms with Gasteiger partial charge in [-0.2, -0.15) is 0 Å². The van der Waals surface area contributed by atoms with Gasteiger partial charge in [-0.05, 0) is 44.1 Å². The van der Waals surface area contributed by atoms with Gasteiger partial charge in [0, 0.05) is 6.04 Å². The summed E-state index contributed by atoms with van der Waals surface area (Å²) in [6, 6.07) is 0.201. The SMILES string of the molecule is CCCNC(CS(=O)(=O)CCC(C)C)C1CC1. The number of sulfone groups is 1. The predicted octanol–water partition coefficient (Wildman–Crippen LogP) is 2.23. The van der Waals surface area contributed by atoms with Crippen molar-refractivity contribution in [2.75, 3.05) is 18.1 Å². The molecule has 0 bridgehead atoms. The summed E-state index contributed by atoms with van der Waals surface area (Å²) in [4.78, 5) is 0. The van der Waals surface area contributed by atoms with Gasteiger partial charge in [0.1, 0.15) is 0 Å². The molecule has 1 aliphatic carbocycles. The van der Waals surface area contributed by atoms with Crippen molar-refractivity contribution in [3.63, 3.8) is 0 Å². The van der Waals surface area contributed by atoms with Crippen molar-refractivity contribution >= 4 is 9.84 Å². The Morgan fingerprint density at radius 3 is 2.41 bits per heavy atom. The number of nitrogens with one attached hydrogen (secondary N) is 1. The average Bonchev–Trinajstić information content (AvgIpc) is 3.05. The first-order valence-corrected chi connectivity index (χ1v) is 8.70. The van der Waals surface area contributed by atoms with Gasteiger partial charge in [0.25, 0.3) is 0 Å². The number of rotatable bonds is 9. The van der Waals surface area contributed by atoms with E-state index in [4.69, 9.17) is 0 Å². The molecule has 1 saturated carbocycles. The van der Waals surface area contributed by atoms with Crippen LogP contribution in [0, 0.1) is 11.8 Å². The Hall–Kier alpha value is -0.0900. The van der Waals surface area contributed by atoms with Crippen molar-refractivity contribution in [3.8, 4) is 0 Å². The minimum Gasteiger partial charge on any atom is -0.313 e. The molecule has 1 rings (SSSR count). The molecule has 1 unspecified atom stereocenters. The van der Waals surface area contributed by atoms with Gasteiger partial charge in [0.15, 0.2) is 9.84 Å². The topological polar surface area (TPSA) is 46.2 Å². The molecule has 0 spiro atoms. The van der Waals surface area contributed by atoms with Gasteiger partial charge in [-0.15, -0.1) is 0 Å². The van der Waals surface area contributed by atoms with Crippen LogP contribution >= 0.6 is 0 Å². The summed E-state index contributed by atoms with van der Waals surface area (Å²) in [7, 11) is -2.87. The van der Waals surface area contributed by atoms with Crippen LogP contribution in [0.1, 0.15) is 46.5 Å². The molecule has 0 aromatic heterocycles. The molecule has 1 aliphatic rings.